The number of hydrogen-bond donors (Lipinski definition) is 2. The van der Waals surface area contributed by atoms with Crippen LogP contribution in [0, 0.1) is 0 Å². The standard InChI is InChI=1S/C18H23N3O3/c22-16(12-21-11-3-1-2-4-17(21)23)19-14-7-5-13(6-8-14)18(24)20-15-9-10-15/h5-8,15H,1-4,9-12H2,(H,19,22)(H,20,24). The lowest BCUT2D eigenvalue weighted by atomic mass is 10.2. The van der Waals surface area contributed by atoms with Gasteiger partial charge >= 0.3 is 0 Å². The van der Waals surface area contributed by atoms with E-state index in [2.05, 4.69) is 10.6 Å². The zero-order valence-electron chi connectivity index (χ0n) is 13.7. The van der Waals surface area contributed by atoms with Crippen LogP contribution in [-0.2, 0) is 9.59 Å². The molecule has 24 heavy (non-hydrogen) atoms. The first-order chi connectivity index (χ1) is 11.6. The fourth-order valence-electron chi connectivity index (χ4n) is 2.78. The van der Waals surface area contributed by atoms with Crippen molar-refractivity contribution in [2.75, 3.05) is 18.4 Å². The molecule has 1 aromatic rings. The van der Waals surface area contributed by atoms with Crippen molar-refractivity contribution in [3.8, 4) is 0 Å². The van der Waals surface area contributed by atoms with E-state index in [4.69, 9.17) is 0 Å². The van der Waals surface area contributed by atoms with E-state index in [0.717, 1.165) is 32.1 Å². The normalized spacial score (nSPS) is 18.0. The fraction of sp³-hybridized carbons (Fsp3) is 0.500. The van der Waals surface area contributed by atoms with E-state index in [1.165, 1.54) is 0 Å². The molecule has 2 aliphatic rings. The SMILES string of the molecule is O=C(CN1CCCCCC1=O)Nc1ccc(C(=O)NC2CC2)cc1. The Morgan fingerprint density at radius 2 is 1.83 bits per heavy atom. The van der Waals surface area contributed by atoms with Crippen LogP contribution in [0.1, 0.15) is 48.9 Å². The van der Waals surface area contributed by atoms with Crippen molar-refractivity contribution in [2.24, 2.45) is 0 Å². The van der Waals surface area contributed by atoms with Gasteiger partial charge in [-0.05, 0) is 49.9 Å². The number of benzene rings is 1. The van der Waals surface area contributed by atoms with E-state index in [1.54, 1.807) is 29.2 Å². The lowest BCUT2D eigenvalue weighted by Crippen LogP contribution is -2.37. The number of hydrogen-bond acceptors (Lipinski definition) is 3. The number of anilines is 1. The molecule has 1 aliphatic heterocycles. The van der Waals surface area contributed by atoms with Crippen LogP contribution in [0.5, 0.6) is 0 Å². The minimum atomic E-state index is -0.208. The second-order valence-electron chi connectivity index (χ2n) is 6.50. The first kappa shape index (κ1) is 16.5. The van der Waals surface area contributed by atoms with Gasteiger partial charge in [0, 0.05) is 30.3 Å². The summed E-state index contributed by atoms with van der Waals surface area (Å²) in [5.74, 6) is -0.235. The molecule has 6 heteroatoms. The summed E-state index contributed by atoms with van der Waals surface area (Å²) < 4.78 is 0. The van der Waals surface area contributed by atoms with Crippen LogP contribution in [0.4, 0.5) is 5.69 Å². The number of nitrogens with zero attached hydrogens (tertiary/aromatic N) is 1. The van der Waals surface area contributed by atoms with E-state index in [0.29, 0.717) is 30.3 Å². The minimum absolute atomic E-state index is 0.0507. The topological polar surface area (TPSA) is 78.5 Å². The molecule has 3 rings (SSSR count). The van der Waals surface area contributed by atoms with Crippen molar-refractivity contribution in [2.45, 2.75) is 44.6 Å². The number of amides is 3. The third kappa shape index (κ3) is 4.57. The average molecular weight is 329 g/mol. The van der Waals surface area contributed by atoms with Gasteiger partial charge in [-0.1, -0.05) is 6.42 Å². The van der Waals surface area contributed by atoms with E-state index < -0.39 is 0 Å². The Hall–Kier alpha value is -2.37. The Morgan fingerprint density at radius 3 is 2.54 bits per heavy atom. The first-order valence-corrected chi connectivity index (χ1v) is 8.60. The third-order valence-corrected chi connectivity index (χ3v) is 4.35. The van der Waals surface area contributed by atoms with Gasteiger partial charge in [0.2, 0.25) is 11.8 Å². The fourth-order valence-corrected chi connectivity index (χ4v) is 2.78. The van der Waals surface area contributed by atoms with Crippen LogP contribution < -0.4 is 10.6 Å². The Bertz CT molecular complexity index is 623. The molecule has 0 aromatic heterocycles. The maximum Gasteiger partial charge on any atom is 0.251 e. The second-order valence-corrected chi connectivity index (χ2v) is 6.50. The van der Waals surface area contributed by atoms with Crippen molar-refractivity contribution in [3.05, 3.63) is 29.8 Å². The molecular formula is C18H23N3O3. The molecule has 1 heterocycles. The highest BCUT2D eigenvalue weighted by Gasteiger charge is 2.23. The van der Waals surface area contributed by atoms with Gasteiger partial charge < -0.3 is 15.5 Å². The number of likely N-dealkylation sites (tertiary alicyclic amines) is 1. The Balaban J connectivity index is 1.52. The third-order valence-electron chi connectivity index (χ3n) is 4.35. The molecule has 0 bridgehead atoms. The van der Waals surface area contributed by atoms with Crippen molar-refractivity contribution >= 4 is 23.4 Å². The summed E-state index contributed by atoms with van der Waals surface area (Å²) in [5.41, 5.74) is 1.22. The Morgan fingerprint density at radius 1 is 1.08 bits per heavy atom. The number of carbonyl (C=O) groups is 3. The van der Waals surface area contributed by atoms with Crippen LogP contribution in [0.25, 0.3) is 0 Å². The molecule has 6 nitrogen and oxygen atoms in total. The van der Waals surface area contributed by atoms with Crippen LogP contribution in [0.3, 0.4) is 0 Å². The molecule has 2 N–H and O–H groups in total. The minimum Gasteiger partial charge on any atom is -0.349 e. The number of rotatable bonds is 5. The van der Waals surface area contributed by atoms with Crippen molar-refractivity contribution in [3.63, 3.8) is 0 Å². The molecule has 0 unspecified atom stereocenters. The molecule has 128 valence electrons. The smallest absolute Gasteiger partial charge is 0.251 e. The van der Waals surface area contributed by atoms with E-state index >= 15 is 0 Å². The molecule has 1 saturated heterocycles. The molecule has 1 aromatic carbocycles. The quantitative estimate of drug-likeness (QED) is 0.866. The molecule has 3 amide bonds. The van der Waals surface area contributed by atoms with Gasteiger partial charge in [-0.15, -0.1) is 0 Å². The molecule has 0 spiro atoms. The van der Waals surface area contributed by atoms with E-state index in [-0.39, 0.29) is 24.3 Å². The number of carbonyl (C=O) groups excluding carboxylic acids is 3. The van der Waals surface area contributed by atoms with Gasteiger partial charge in [-0.25, -0.2) is 0 Å². The predicted octanol–water partition coefficient (Wildman–Crippen LogP) is 1.92. The van der Waals surface area contributed by atoms with Crippen molar-refractivity contribution < 1.29 is 14.4 Å². The van der Waals surface area contributed by atoms with Crippen LogP contribution in [0.15, 0.2) is 24.3 Å². The Labute approximate surface area is 141 Å². The number of nitrogens with one attached hydrogen (secondary N) is 2. The molecular weight excluding hydrogens is 306 g/mol. The van der Waals surface area contributed by atoms with Crippen LogP contribution >= 0.6 is 0 Å². The zero-order valence-corrected chi connectivity index (χ0v) is 13.7. The summed E-state index contributed by atoms with van der Waals surface area (Å²) in [6.07, 6.45) is 5.52. The van der Waals surface area contributed by atoms with Gasteiger partial charge in [0.15, 0.2) is 0 Å². The van der Waals surface area contributed by atoms with Gasteiger partial charge in [0.25, 0.3) is 5.91 Å². The summed E-state index contributed by atoms with van der Waals surface area (Å²) in [6.45, 7) is 0.731. The molecule has 1 saturated carbocycles. The van der Waals surface area contributed by atoms with Gasteiger partial charge in [-0.3, -0.25) is 14.4 Å². The largest absolute Gasteiger partial charge is 0.349 e. The van der Waals surface area contributed by atoms with Crippen LogP contribution in [0.2, 0.25) is 0 Å². The highest BCUT2D eigenvalue weighted by atomic mass is 16.2. The molecule has 0 radical (unpaired) electrons. The maximum atomic E-state index is 12.1. The highest BCUT2D eigenvalue weighted by molar-refractivity contribution is 5.97. The summed E-state index contributed by atoms with van der Waals surface area (Å²) in [4.78, 5) is 37.6. The zero-order chi connectivity index (χ0) is 16.9. The van der Waals surface area contributed by atoms with Gasteiger partial charge in [0.1, 0.15) is 0 Å². The molecule has 0 atom stereocenters. The van der Waals surface area contributed by atoms with Crippen molar-refractivity contribution in [1.82, 2.24) is 10.2 Å². The second kappa shape index (κ2) is 7.47. The monoisotopic (exact) mass is 329 g/mol. The summed E-state index contributed by atoms with van der Waals surface area (Å²) in [7, 11) is 0. The van der Waals surface area contributed by atoms with Crippen molar-refractivity contribution in [1.29, 1.82) is 0 Å². The summed E-state index contributed by atoms with van der Waals surface area (Å²) >= 11 is 0. The van der Waals surface area contributed by atoms with Gasteiger partial charge in [0.05, 0.1) is 6.54 Å². The lowest BCUT2D eigenvalue weighted by Gasteiger charge is -2.19. The molecule has 1 aliphatic carbocycles. The Kier molecular flexibility index (Phi) is 5.13. The van der Waals surface area contributed by atoms with Crippen LogP contribution in [-0.4, -0.2) is 41.8 Å². The predicted molar refractivity (Wildman–Crippen MR) is 90.6 cm³/mol. The summed E-state index contributed by atoms with van der Waals surface area (Å²) in [5, 5.41) is 5.71. The van der Waals surface area contributed by atoms with E-state index in [1.807, 2.05) is 0 Å². The first-order valence-electron chi connectivity index (χ1n) is 8.60. The maximum absolute atomic E-state index is 12.1. The molecule has 2 fully saturated rings. The van der Waals surface area contributed by atoms with E-state index in [9.17, 15) is 14.4 Å². The average Bonchev–Trinajstić information content (AvgIpc) is 3.38. The van der Waals surface area contributed by atoms with Gasteiger partial charge in [-0.2, -0.15) is 0 Å². The summed E-state index contributed by atoms with van der Waals surface area (Å²) in [6, 6.07) is 7.14. The highest BCUT2D eigenvalue weighted by Crippen LogP contribution is 2.19. The lowest BCUT2D eigenvalue weighted by molar-refractivity contribution is -0.134.